The number of carbonyl (C=O) groups excluding carboxylic acids is 2. The van der Waals surface area contributed by atoms with Gasteiger partial charge in [-0.2, -0.15) is 0 Å². The number of hydrogen-bond acceptors (Lipinski definition) is 4. The normalized spacial score (nSPS) is 13.5. The molecule has 0 radical (unpaired) electrons. The van der Waals surface area contributed by atoms with Crippen LogP contribution < -0.4 is 15.0 Å². The lowest BCUT2D eigenvalue weighted by atomic mass is 10.1. The maximum atomic E-state index is 14.0. The molecule has 0 atom stereocenters. The number of anilines is 2. The highest BCUT2D eigenvalue weighted by Gasteiger charge is 2.25. The van der Waals surface area contributed by atoms with E-state index in [0.717, 1.165) is 12.1 Å². The zero-order valence-electron chi connectivity index (χ0n) is 19.5. The zero-order chi connectivity index (χ0) is 24.8. The van der Waals surface area contributed by atoms with Gasteiger partial charge < -0.3 is 19.9 Å². The van der Waals surface area contributed by atoms with Crippen molar-refractivity contribution in [3.63, 3.8) is 0 Å². The molecule has 6 nitrogen and oxygen atoms in total. The van der Waals surface area contributed by atoms with E-state index in [4.69, 9.17) is 16.3 Å². The van der Waals surface area contributed by atoms with E-state index in [-0.39, 0.29) is 24.0 Å². The Hall–Kier alpha value is -3.58. The predicted molar refractivity (Wildman–Crippen MR) is 136 cm³/mol. The molecule has 1 saturated heterocycles. The van der Waals surface area contributed by atoms with Gasteiger partial charge in [0.15, 0.2) is 6.61 Å². The van der Waals surface area contributed by atoms with E-state index in [1.54, 1.807) is 29.2 Å². The average Bonchev–Trinajstić information content (AvgIpc) is 2.88. The van der Waals surface area contributed by atoms with Gasteiger partial charge in [-0.1, -0.05) is 42.8 Å². The molecule has 0 spiro atoms. The third-order valence-electron chi connectivity index (χ3n) is 5.95. The zero-order valence-corrected chi connectivity index (χ0v) is 20.2. The second-order valence-corrected chi connectivity index (χ2v) is 8.69. The molecular weight excluding hydrogens is 469 g/mol. The van der Waals surface area contributed by atoms with Crippen molar-refractivity contribution < 1.29 is 18.7 Å². The van der Waals surface area contributed by atoms with Gasteiger partial charge in [-0.15, -0.1) is 0 Å². The summed E-state index contributed by atoms with van der Waals surface area (Å²) in [6, 6.07) is 18.9. The van der Waals surface area contributed by atoms with E-state index in [9.17, 15) is 14.0 Å². The monoisotopic (exact) mass is 495 g/mol. The van der Waals surface area contributed by atoms with E-state index in [2.05, 4.69) is 17.1 Å². The van der Waals surface area contributed by atoms with E-state index in [1.165, 1.54) is 17.7 Å². The summed E-state index contributed by atoms with van der Waals surface area (Å²) in [5.41, 5.74) is 2.64. The van der Waals surface area contributed by atoms with Gasteiger partial charge in [-0.25, -0.2) is 4.39 Å². The largest absolute Gasteiger partial charge is 0.484 e. The fourth-order valence-electron chi connectivity index (χ4n) is 4.00. The van der Waals surface area contributed by atoms with Gasteiger partial charge in [-0.05, 0) is 54.4 Å². The van der Waals surface area contributed by atoms with Crippen LogP contribution in [0.2, 0.25) is 5.02 Å². The van der Waals surface area contributed by atoms with Crippen LogP contribution in [0.5, 0.6) is 5.75 Å². The lowest BCUT2D eigenvalue weighted by Crippen LogP contribution is -2.49. The van der Waals surface area contributed by atoms with Crippen molar-refractivity contribution in [1.29, 1.82) is 0 Å². The van der Waals surface area contributed by atoms with Crippen LogP contribution in [-0.2, 0) is 11.2 Å². The molecule has 1 N–H and O–H groups in total. The van der Waals surface area contributed by atoms with Crippen molar-refractivity contribution in [2.75, 3.05) is 43.0 Å². The Morgan fingerprint density at radius 1 is 1.00 bits per heavy atom. The molecule has 0 saturated carbocycles. The minimum absolute atomic E-state index is 0.0738. The second-order valence-electron chi connectivity index (χ2n) is 8.25. The van der Waals surface area contributed by atoms with Crippen LogP contribution >= 0.6 is 11.6 Å². The number of aryl methyl sites for hydroxylation is 1. The van der Waals surface area contributed by atoms with E-state index >= 15 is 0 Å². The Bertz CT molecular complexity index is 1190. The summed E-state index contributed by atoms with van der Waals surface area (Å²) in [6.45, 7) is 3.87. The molecule has 0 aromatic heterocycles. The fraction of sp³-hybridized carbons (Fsp3) is 0.259. The smallest absolute Gasteiger partial charge is 0.262 e. The van der Waals surface area contributed by atoms with Crippen LogP contribution in [0.3, 0.4) is 0 Å². The number of piperazine rings is 1. The lowest BCUT2D eigenvalue weighted by Gasteiger charge is -2.37. The maximum absolute atomic E-state index is 14.0. The molecule has 0 bridgehead atoms. The van der Waals surface area contributed by atoms with Gasteiger partial charge in [0.05, 0.1) is 16.9 Å². The number of rotatable bonds is 7. The number of halogens is 2. The van der Waals surface area contributed by atoms with Crippen LogP contribution in [0.1, 0.15) is 22.8 Å². The summed E-state index contributed by atoms with van der Waals surface area (Å²) in [5, 5.41) is 3.38. The molecule has 2 amide bonds. The molecule has 0 unspecified atom stereocenters. The summed E-state index contributed by atoms with van der Waals surface area (Å²) >= 11 is 6.20. The molecule has 1 aliphatic heterocycles. The molecule has 1 heterocycles. The van der Waals surface area contributed by atoms with Crippen LogP contribution in [-0.4, -0.2) is 49.5 Å². The molecular formula is C27H27ClFN3O3. The Morgan fingerprint density at radius 3 is 2.40 bits per heavy atom. The summed E-state index contributed by atoms with van der Waals surface area (Å²) in [6.07, 6.45) is 0.934. The SMILES string of the molecule is CCc1ccc(OCC(=O)Nc2cc(Cl)ccc2N2CCN(C(=O)c3ccccc3F)CC2)cc1. The Balaban J connectivity index is 1.38. The van der Waals surface area contributed by atoms with Crippen LogP contribution in [0.4, 0.5) is 15.8 Å². The molecule has 3 aromatic rings. The molecule has 8 heteroatoms. The number of nitrogens with one attached hydrogen (secondary N) is 1. The molecule has 35 heavy (non-hydrogen) atoms. The number of hydrogen-bond donors (Lipinski definition) is 1. The standard InChI is InChI=1S/C27H27ClFN3O3/c1-2-19-7-10-21(11-8-19)35-18-26(33)30-24-17-20(28)9-12-25(24)31-13-15-32(16-14-31)27(34)22-5-3-4-6-23(22)29/h3-12,17H,2,13-16,18H2,1H3,(H,30,33). The minimum Gasteiger partial charge on any atom is -0.484 e. The van der Waals surface area contributed by atoms with Gasteiger partial charge in [0.2, 0.25) is 0 Å². The summed E-state index contributed by atoms with van der Waals surface area (Å²) in [4.78, 5) is 29.0. The van der Waals surface area contributed by atoms with Gasteiger partial charge in [0, 0.05) is 31.2 Å². The number of ether oxygens (including phenoxy) is 1. The maximum Gasteiger partial charge on any atom is 0.262 e. The second kappa shape index (κ2) is 11.2. The topological polar surface area (TPSA) is 61.9 Å². The predicted octanol–water partition coefficient (Wildman–Crippen LogP) is 5.02. The number of benzene rings is 3. The number of carbonyl (C=O) groups is 2. The Labute approximate surface area is 209 Å². The first-order valence-corrected chi connectivity index (χ1v) is 11.9. The summed E-state index contributed by atoms with van der Waals surface area (Å²) in [5.74, 6) is -0.525. The Morgan fingerprint density at radius 2 is 1.71 bits per heavy atom. The third-order valence-corrected chi connectivity index (χ3v) is 6.18. The number of amides is 2. The van der Waals surface area contributed by atoms with Crippen molar-refractivity contribution >= 4 is 34.8 Å². The first kappa shape index (κ1) is 24.5. The van der Waals surface area contributed by atoms with Crippen LogP contribution in [0.25, 0.3) is 0 Å². The lowest BCUT2D eigenvalue weighted by molar-refractivity contribution is -0.118. The first-order chi connectivity index (χ1) is 16.9. The Kier molecular flexibility index (Phi) is 7.87. The van der Waals surface area contributed by atoms with Gasteiger partial charge in [-0.3, -0.25) is 9.59 Å². The van der Waals surface area contributed by atoms with Crippen LogP contribution in [0, 0.1) is 5.82 Å². The molecule has 182 valence electrons. The van der Waals surface area contributed by atoms with Gasteiger partial charge in [0.25, 0.3) is 11.8 Å². The quantitative estimate of drug-likeness (QED) is 0.500. The molecule has 4 rings (SSSR count). The average molecular weight is 496 g/mol. The van der Waals surface area contributed by atoms with Crippen molar-refractivity contribution in [3.05, 3.63) is 88.7 Å². The summed E-state index contributed by atoms with van der Waals surface area (Å²) in [7, 11) is 0. The highest BCUT2D eigenvalue weighted by molar-refractivity contribution is 6.31. The van der Waals surface area contributed by atoms with Gasteiger partial charge >= 0.3 is 0 Å². The highest BCUT2D eigenvalue weighted by Crippen LogP contribution is 2.30. The van der Waals surface area contributed by atoms with Crippen LogP contribution in [0.15, 0.2) is 66.7 Å². The molecule has 0 aliphatic carbocycles. The van der Waals surface area contributed by atoms with Crippen molar-refractivity contribution in [2.45, 2.75) is 13.3 Å². The highest BCUT2D eigenvalue weighted by atomic mass is 35.5. The fourth-order valence-corrected chi connectivity index (χ4v) is 4.17. The van der Waals surface area contributed by atoms with Crippen molar-refractivity contribution in [3.8, 4) is 5.75 Å². The molecule has 1 fully saturated rings. The minimum atomic E-state index is -0.522. The summed E-state index contributed by atoms with van der Waals surface area (Å²) < 4.78 is 19.6. The van der Waals surface area contributed by atoms with E-state index < -0.39 is 5.82 Å². The first-order valence-electron chi connectivity index (χ1n) is 11.5. The van der Waals surface area contributed by atoms with E-state index in [1.807, 2.05) is 30.3 Å². The van der Waals surface area contributed by atoms with Crippen molar-refractivity contribution in [2.24, 2.45) is 0 Å². The van der Waals surface area contributed by atoms with E-state index in [0.29, 0.717) is 42.6 Å². The number of nitrogens with zero attached hydrogens (tertiary/aromatic N) is 2. The van der Waals surface area contributed by atoms with Crippen molar-refractivity contribution in [1.82, 2.24) is 4.90 Å². The molecule has 3 aromatic carbocycles. The third kappa shape index (κ3) is 6.11. The molecule has 1 aliphatic rings. The van der Waals surface area contributed by atoms with Gasteiger partial charge in [0.1, 0.15) is 11.6 Å².